The van der Waals surface area contributed by atoms with Crippen molar-refractivity contribution < 1.29 is 4.39 Å². The Morgan fingerprint density at radius 3 is 2.68 bits per heavy atom. The minimum absolute atomic E-state index is 0.177. The van der Waals surface area contributed by atoms with Gasteiger partial charge in [0.25, 0.3) is 0 Å². The minimum atomic E-state index is -0.242. The zero-order valence-electron chi connectivity index (χ0n) is 12.9. The van der Waals surface area contributed by atoms with E-state index in [1.54, 1.807) is 6.07 Å². The number of rotatable bonds is 5. The molecule has 1 heterocycles. The Kier molecular flexibility index (Phi) is 4.20. The third-order valence-electron chi connectivity index (χ3n) is 3.97. The van der Waals surface area contributed by atoms with Crippen molar-refractivity contribution in [3.8, 4) is 0 Å². The van der Waals surface area contributed by atoms with Gasteiger partial charge in [-0.15, -0.1) is 0 Å². The summed E-state index contributed by atoms with van der Waals surface area (Å²) in [6, 6.07) is 15.2. The molecule has 3 rings (SSSR count). The van der Waals surface area contributed by atoms with Gasteiger partial charge < -0.3 is 4.98 Å². The van der Waals surface area contributed by atoms with E-state index in [2.05, 4.69) is 41.0 Å². The number of nitrogens with zero attached hydrogens (tertiary/aromatic N) is 2. The van der Waals surface area contributed by atoms with E-state index in [9.17, 15) is 4.39 Å². The molecule has 22 heavy (non-hydrogen) atoms. The predicted octanol–water partition coefficient (Wildman–Crippen LogP) is 4.29. The van der Waals surface area contributed by atoms with E-state index in [4.69, 9.17) is 0 Å². The summed E-state index contributed by atoms with van der Waals surface area (Å²) in [6.45, 7) is 2.99. The monoisotopic (exact) mass is 297 g/mol. The molecule has 0 radical (unpaired) electrons. The van der Waals surface area contributed by atoms with Crippen LogP contribution in [0.1, 0.15) is 30.8 Å². The molecule has 3 aromatic rings. The van der Waals surface area contributed by atoms with Crippen molar-refractivity contribution in [2.75, 3.05) is 7.05 Å². The maximum atomic E-state index is 13.3. The highest BCUT2D eigenvalue weighted by Gasteiger charge is 2.19. The highest BCUT2D eigenvalue weighted by atomic mass is 19.1. The fourth-order valence-corrected chi connectivity index (χ4v) is 2.85. The first-order valence-corrected chi connectivity index (χ1v) is 7.56. The molecule has 1 N–H and O–H groups in total. The van der Waals surface area contributed by atoms with Crippen molar-refractivity contribution in [3.05, 3.63) is 65.7 Å². The quantitative estimate of drug-likeness (QED) is 0.762. The van der Waals surface area contributed by atoms with Crippen LogP contribution in [-0.2, 0) is 6.54 Å². The number of halogens is 1. The maximum absolute atomic E-state index is 13.3. The second kappa shape index (κ2) is 6.28. The normalized spacial score (nSPS) is 12.9. The second-order valence-corrected chi connectivity index (χ2v) is 5.61. The Bertz CT molecular complexity index is 751. The van der Waals surface area contributed by atoms with E-state index >= 15 is 0 Å². The number of hydrogen-bond acceptors (Lipinski definition) is 2. The van der Waals surface area contributed by atoms with Gasteiger partial charge in [-0.05, 0) is 37.2 Å². The second-order valence-electron chi connectivity index (χ2n) is 5.61. The molecule has 0 aliphatic carbocycles. The Morgan fingerprint density at radius 2 is 1.95 bits per heavy atom. The van der Waals surface area contributed by atoms with Crippen molar-refractivity contribution in [2.45, 2.75) is 25.9 Å². The van der Waals surface area contributed by atoms with Gasteiger partial charge in [-0.1, -0.05) is 37.3 Å². The van der Waals surface area contributed by atoms with Crippen LogP contribution in [-0.4, -0.2) is 21.9 Å². The number of H-pyrrole nitrogens is 1. The average molecular weight is 297 g/mol. The Balaban J connectivity index is 1.85. The lowest BCUT2D eigenvalue weighted by atomic mass is 10.1. The smallest absolute Gasteiger partial charge is 0.125 e. The van der Waals surface area contributed by atoms with Crippen LogP contribution in [0.4, 0.5) is 4.39 Å². The molecule has 4 heteroatoms. The molecular formula is C18H20FN3. The van der Waals surface area contributed by atoms with Crippen LogP contribution >= 0.6 is 0 Å². The summed E-state index contributed by atoms with van der Waals surface area (Å²) in [4.78, 5) is 10.2. The van der Waals surface area contributed by atoms with Gasteiger partial charge in [0, 0.05) is 6.54 Å². The Hall–Kier alpha value is -2.20. The summed E-state index contributed by atoms with van der Waals surface area (Å²) in [5, 5.41) is 0. The van der Waals surface area contributed by atoms with E-state index < -0.39 is 0 Å². The molecule has 1 unspecified atom stereocenters. The molecule has 1 aromatic heterocycles. The number of aromatic amines is 1. The third kappa shape index (κ3) is 3.02. The lowest BCUT2D eigenvalue weighted by Gasteiger charge is -2.25. The number of fused-ring (bicyclic) bond motifs is 1. The predicted molar refractivity (Wildman–Crippen MR) is 87.0 cm³/mol. The minimum Gasteiger partial charge on any atom is -0.341 e. The van der Waals surface area contributed by atoms with E-state index in [0.29, 0.717) is 0 Å². The fraction of sp³-hybridized carbons (Fsp3) is 0.278. The highest BCUT2D eigenvalue weighted by Crippen LogP contribution is 2.25. The van der Waals surface area contributed by atoms with Crippen molar-refractivity contribution >= 4 is 11.0 Å². The van der Waals surface area contributed by atoms with Gasteiger partial charge in [0.15, 0.2) is 0 Å². The lowest BCUT2D eigenvalue weighted by molar-refractivity contribution is 0.222. The first kappa shape index (κ1) is 14.7. The first-order valence-electron chi connectivity index (χ1n) is 7.56. The third-order valence-corrected chi connectivity index (χ3v) is 3.97. The van der Waals surface area contributed by atoms with Crippen LogP contribution in [0, 0.1) is 5.82 Å². The molecule has 0 amide bonds. The van der Waals surface area contributed by atoms with Crippen LogP contribution in [0.25, 0.3) is 11.0 Å². The van der Waals surface area contributed by atoms with Gasteiger partial charge in [0.05, 0.1) is 17.1 Å². The molecule has 0 aliphatic rings. The summed E-state index contributed by atoms with van der Waals surface area (Å²) >= 11 is 0. The van der Waals surface area contributed by atoms with Gasteiger partial charge in [-0.3, -0.25) is 4.90 Å². The molecular weight excluding hydrogens is 277 g/mol. The fourth-order valence-electron chi connectivity index (χ4n) is 2.85. The average Bonchev–Trinajstić information content (AvgIpc) is 2.91. The summed E-state index contributed by atoms with van der Waals surface area (Å²) in [5.41, 5.74) is 2.83. The molecule has 0 saturated carbocycles. The molecule has 0 fully saturated rings. The van der Waals surface area contributed by atoms with Gasteiger partial charge >= 0.3 is 0 Å². The molecule has 0 spiro atoms. The van der Waals surface area contributed by atoms with Crippen LogP contribution in [0.2, 0.25) is 0 Å². The summed E-state index contributed by atoms with van der Waals surface area (Å²) in [5.74, 6) is 0.648. The Labute approximate surface area is 129 Å². The number of aromatic nitrogens is 2. The van der Waals surface area contributed by atoms with Crippen LogP contribution in [0.15, 0.2) is 48.5 Å². The van der Waals surface area contributed by atoms with Gasteiger partial charge in [0.2, 0.25) is 0 Å². The zero-order valence-corrected chi connectivity index (χ0v) is 12.9. The van der Waals surface area contributed by atoms with Gasteiger partial charge in [-0.2, -0.15) is 0 Å². The van der Waals surface area contributed by atoms with E-state index in [1.807, 2.05) is 18.2 Å². The standard InChI is InChI=1S/C18H20FN3/c1-3-17(22(2)12-13-7-5-4-6-8-13)18-20-15-10-9-14(19)11-16(15)21-18/h4-11,17H,3,12H2,1-2H3,(H,20,21). The van der Waals surface area contributed by atoms with Crippen molar-refractivity contribution in [3.63, 3.8) is 0 Å². The maximum Gasteiger partial charge on any atom is 0.125 e. The molecule has 0 aliphatic heterocycles. The van der Waals surface area contributed by atoms with Crippen molar-refractivity contribution in [2.24, 2.45) is 0 Å². The molecule has 2 aromatic carbocycles. The van der Waals surface area contributed by atoms with E-state index in [-0.39, 0.29) is 11.9 Å². The molecule has 0 saturated heterocycles. The van der Waals surface area contributed by atoms with Gasteiger partial charge in [0.1, 0.15) is 11.6 Å². The Morgan fingerprint density at radius 1 is 1.18 bits per heavy atom. The molecule has 1 atom stereocenters. The summed E-state index contributed by atoms with van der Waals surface area (Å²) < 4.78 is 13.3. The molecule has 0 bridgehead atoms. The first-order chi connectivity index (χ1) is 10.7. The van der Waals surface area contributed by atoms with Gasteiger partial charge in [-0.25, -0.2) is 9.37 Å². The van der Waals surface area contributed by atoms with E-state index in [0.717, 1.165) is 29.8 Å². The lowest BCUT2D eigenvalue weighted by Crippen LogP contribution is -2.24. The summed E-state index contributed by atoms with van der Waals surface area (Å²) in [6.07, 6.45) is 0.936. The molecule has 3 nitrogen and oxygen atoms in total. The topological polar surface area (TPSA) is 31.9 Å². The van der Waals surface area contributed by atoms with Crippen LogP contribution in [0.5, 0.6) is 0 Å². The highest BCUT2D eigenvalue weighted by molar-refractivity contribution is 5.75. The number of hydrogen-bond donors (Lipinski definition) is 1. The number of nitrogens with one attached hydrogen (secondary N) is 1. The number of benzene rings is 2. The van der Waals surface area contributed by atoms with Crippen molar-refractivity contribution in [1.82, 2.24) is 14.9 Å². The van der Waals surface area contributed by atoms with E-state index in [1.165, 1.54) is 17.7 Å². The number of imidazole rings is 1. The SMILES string of the molecule is CCC(c1nc2ccc(F)cc2[nH]1)N(C)Cc1ccccc1. The molecule has 114 valence electrons. The van der Waals surface area contributed by atoms with Crippen molar-refractivity contribution in [1.29, 1.82) is 0 Å². The largest absolute Gasteiger partial charge is 0.341 e. The van der Waals surface area contributed by atoms with Crippen LogP contribution < -0.4 is 0 Å². The zero-order chi connectivity index (χ0) is 15.5. The summed E-state index contributed by atoms with van der Waals surface area (Å²) in [7, 11) is 2.09. The van der Waals surface area contributed by atoms with Crippen LogP contribution in [0.3, 0.4) is 0 Å².